The SMILES string of the molecule is CCCC(C)(C)C(=O)NCC(=O)NCC(=O)NC(Cc1ccccc1)C(=O)NCC(=O)NCOCC(=O)NCC(C)CC(C)C. The second-order valence-electron chi connectivity index (χ2n) is 12.3. The quantitative estimate of drug-likeness (QED) is 0.0854. The summed E-state index contributed by atoms with van der Waals surface area (Å²) in [6.07, 6.45) is 2.63. The van der Waals surface area contributed by atoms with E-state index in [1.807, 2.05) is 13.0 Å². The first-order valence-electron chi connectivity index (χ1n) is 15.5. The molecule has 0 fully saturated rings. The molecule has 2 atom stereocenters. The Hall–Kier alpha value is -4.00. The van der Waals surface area contributed by atoms with Crippen LogP contribution in [0, 0.1) is 17.3 Å². The Morgan fingerprint density at radius 2 is 1.40 bits per heavy atom. The van der Waals surface area contributed by atoms with Gasteiger partial charge in [-0.15, -0.1) is 0 Å². The van der Waals surface area contributed by atoms with Crippen molar-refractivity contribution in [3.8, 4) is 0 Å². The molecule has 0 heterocycles. The molecule has 0 radical (unpaired) electrons. The summed E-state index contributed by atoms with van der Waals surface area (Å²) in [6, 6.07) is 7.96. The molecular weight excluding hydrogens is 580 g/mol. The van der Waals surface area contributed by atoms with Crippen LogP contribution in [0.25, 0.3) is 0 Å². The number of benzene rings is 1. The first-order valence-corrected chi connectivity index (χ1v) is 15.5. The van der Waals surface area contributed by atoms with Crippen LogP contribution in [-0.2, 0) is 39.9 Å². The fourth-order valence-electron chi connectivity index (χ4n) is 4.54. The lowest BCUT2D eigenvalue weighted by molar-refractivity contribution is -0.133. The molecule has 0 aliphatic rings. The molecule has 2 unspecified atom stereocenters. The second-order valence-corrected chi connectivity index (χ2v) is 12.3. The summed E-state index contributed by atoms with van der Waals surface area (Å²) >= 11 is 0. The molecule has 1 rings (SSSR count). The largest absolute Gasteiger partial charge is 0.354 e. The zero-order valence-corrected chi connectivity index (χ0v) is 27.5. The highest BCUT2D eigenvalue weighted by molar-refractivity contribution is 5.93. The normalized spacial score (nSPS) is 12.4. The second kappa shape index (κ2) is 20.9. The van der Waals surface area contributed by atoms with Gasteiger partial charge in [-0.25, -0.2) is 0 Å². The molecule has 6 amide bonds. The number of hydrogen-bond donors (Lipinski definition) is 6. The van der Waals surface area contributed by atoms with Gasteiger partial charge in [0.15, 0.2) is 0 Å². The van der Waals surface area contributed by atoms with Crippen LogP contribution in [-0.4, -0.2) is 81.0 Å². The molecule has 1 aromatic rings. The molecule has 1 aromatic carbocycles. The lowest BCUT2D eigenvalue weighted by Gasteiger charge is -2.22. The van der Waals surface area contributed by atoms with E-state index < -0.39 is 41.6 Å². The van der Waals surface area contributed by atoms with Crippen LogP contribution in [0.2, 0.25) is 0 Å². The topological polar surface area (TPSA) is 184 Å². The number of ether oxygens (including phenoxy) is 1. The fraction of sp³-hybridized carbons (Fsp3) is 0.625. The molecule has 252 valence electrons. The van der Waals surface area contributed by atoms with Crippen molar-refractivity contribution >= 4 is 35.4 Å². The average Bonchev–Trinajstić information content (AvgIpc) is 2.98. The van der Waals surface area contributed by atoms with Crippen molar-refractivity contribution in [2.24, 2.45) is 17.3 Å². The zero-order valence-electron chi connectivity index (χ0n) is 27.5. The monoisotopic (exact) mass is 632 g/mol. The molecule has 0 aromatic heterocycles. The van der Waals surface area contributed by atoms with Gasteiger partial charge < -0.3 is 36.6 Å². The van der Waals surface area contributed by atoms with Crippen molar-refractivity contribution in [3.63, 3.8) is 0 Å². The van der Waals surface area contributed by atoms with Gasteiger partial charge in [0.05, 0.1) is 19.6 Å². The van der Waals surface area contributed by atoms with Gasteiger partial charge in [-0.1, -0.05) is 78.3 Å². The van der Waals surface area contributed by atoms with Crippen molar-refractivity contribution < 1.29 is 33.5 Å². The predicted molar refractivity (Wildman–Crippen MR) is 170 cm³/mol. The third-order valence-electron chi connectivity index (χ3n) is 6.83. The fourth-order valence-corrected chi connectivity index (χ4v) is 4.54. The van der Waals surface area contributed by atoms with E-state index in [1.54, 1.807) is 38.1 Å². The van der Waals surface area contributed by atoms with E-state index in [1.165, 1.54) is 0 Å². The Labute approximate surface area is 266 Å². The van der Waals surface area contributed by atoms with Gasteiger partial charge in [0, 0.05) is 18.4 Å². The van der Waals surface area contributed by atoms with Gasteiger partial charge in [-0.3, -0.25) is 28.8 Å². The van der Waals surface area contributed by atoms with Crippen LogP contribution < -0.4 is 31.9 Å². The van der Waals surface area contributed by atoms with E-state index >= 15 is 0 Å². The van der Waals surface area contributed by atoms with Crippen LogP contribution in [0.15, 0.2) is 30.3 Å². The summed E-state index contributed by atoms with van der Waals surface area (Å²) in [4.78, 5) is 74.2. The maximum atomic E-state index is 12.9. The summed E-state index contributed by atoms with van der Waals surface area (Å²) in [5.74, 6) is -1.98. The van der Waals surface area contributed by atoms with Crippen LogP contribution in [0.4, 0.5) is 0 Å². The minimum absolute atomic E-state index is 0.143. The van der Waals surface area contributed by atoms with Crippen molar-refractivity contribution in [3.05, 3.63) is 35.9 Å². The van der Waals surface area contributed by atoms with Gasteiger partial charge >= 0.3 is 0 Å². The molecule has 0 saturated carbocycles. The molecule has 0 aliphatic heterocycles. The van der Waals surface area contributed by atoms with Crippen LogP contribution >= 0.6 is 0 Å². The van der Waals surface area contributed by atoms with E-state index in [0.29, 0.717) is 24.8 Å². The molecule has 6 N–H and O–H groups in total. The van der Waals surface area contributed by atoms with E-state index in [0.717, 1.165) is 18.4 Å². The standard InChI is InChI=1S/C32H52N6O7/c1-7-13-32(5,6)31(44)36-18-26(39)34-19-28(41)38-25(15-24-11-9-8-10-12-24)30(43)35-17-27(40)37-21-45-20-29(42)33-16-23(4)14-22(2)3/h8-12,22-23,25H,7,13-21H2,1-6H3,(H,33,42)(H,34,39)(H,35,43)(H,36,44)(H,37,40)(H,38,41). The average molecular weight is 633 g/mol. The molecule has 45 heavy (non-hydrogen) atoms. The Kier molecular flexibility index (Phi) is 18.1. The molecule has 0 spiro atoms. The van der Waals surface area contributed by atoms with E-state index in [9.17, 15) is 28.8 Å². The third-order valence-corrected chi connectivity index (χ3v) is 6.83. The predicted octanol–water partition coefficient (Wildman–Crippen LogP) is 0.778. The van der Waals surface area contributed by atoms with Crippen molar-refractivity contribution in [1.82, 2.24) is 31.9 Å². The Balaban J connectivity index is 2.51. The number of carbonyl (C=O) groups excluding carboxylic acids is 6. The molecule has 0 bridgehead atoms. The van der Waals surface area contributed by atoms with Crippen LogP contribution in [0.5, 0.6) is 0 Å². The van der Waals surface area contributed by atoms with Gasteiger partial charge in [-0.05, 0) is 30.2 Å². The lowest BCUT2D eigenvalue weighted by atomic mass is 9.87. The van der Waals surface area contributed by atoms with Crippen molar-refractivity contribution in [2.75, 3.05) is 39.5 Å². The summed E-state index contributed by atoms with van der Waals surface area (Å²) in [5, 5.41) is 15.3. The number of carbonyl (C=O) groups is 6. The summed E-state index contributed by atoms with van der Waals surface area (Å²) in [6.45, 7) is 10.9. The third kappa shape index (κ3) is 17.8. The summed E-state index contributed by atoms with van der Waals surface area (Å²) < 4.78 is 5.20. The Morgan fingerprint density at radius 1 is 0.778 bits per heavy atom. The molecular formula is C32H52N6O7. The maximum absolute atomic E-state index is 12.9. The van der Waals surface area contributed by atoms with E-state index in [4.69, 9.17) is 4.74 Å². The van der Waals surface area contributed by atoms with Gasteiger partial charge in [0.25, 0.3) is 0 Å². The Morgan fingerprint density at radius 3 is 2.04 bits per heavy atom. The highest BCUT2D eigenvalue weighted by Gasteiger charge is 2.27. The van der Waals surface area contributed by atoms with Gasteiger partial charge in [0.1, 0.15) is 19.4 Å². The molecule has 0 aliphatic carbocycles. The van der Waals surface area contributed by atoms with E-state index in [-0.39, 0.29) is 44.7 Å². The molecule has 0 saturated heterocycles. The molecule has 13 nitrogen and oxygen atoms in total. The van der Waals surface area contributed by atoms with Crippen molar-refractivity contribution in [2.45, 2.75) is 73.3 Å². The number of nitrogens with one attached hydrogen (secondary N) is 6. The minimum atomic E-state index is -1.03. The number of rotatable bonds is 21. The van der Waals surface area contributed by atoms with Crippen molar-refractivity contribution in [1.29, 1.82) is 0 Å². The summed E-state index contributed by atoms with van der Waals surface area (Å²) in [7, 11) is 0. The highest BCUT2D eigenvalue weighted by atomic mass is 16.5. The van der Waals surface area contributed by atoms with Crippen LogP contribution in [0.1, 0.15) is 66.4 Å². The lowest BCUT2D eigenvalue weighted by Crippen LogP contribution is -2.52. The summed E-state index contributed by atoms with van der Waals surface area (Å²) in [5.41, 5.74) is 0.158. The van der Waals surface area contributed by atoms with Gasteiger partial charge in [0.2, 0.25) is 35.4 Å². The first-order chi connectivity index (χ1) is 21.2. The van der Waals surface area contributed by atoms with Gasteiger partial charge in [-0.2, -0.15) is 0 Å². The minimum Gasteiger partial charge on any atom is -0.354 e. The highest BCUT2D eigenvalue weighted by Crippen LogP contribution is 2.21. The molecule has 13 heteroatoms. The number of amides is 6. The maximum Gasteiger partial charge on any atom is 0.246 e. The number of hydrogen-bond acceptors (Lipinski definition) is 7. The first kappa shape index (κ1) is 39.0. The smallest absolute Gasteiger partial charge is 0.246 e. The Bertz CT molecular complexity index is 1110. The van der Waals surface area contributed by atoms with E-state index in [2.05, 4.69) is 52.7 Å². The zero-order chi connectivity index (χ0) is 33.8. The van der Waals surface area contributed by atoms with Crippen LogP contribution in [0.3, 0.4) is 0 Å².